The zero-order valence-corrected chi connectivity index (χ0v) is 10.6. The van der Waals surface area contributed by atoms with Crippen molar-refractivity contribution < 1.29 is 0 Å². The van der Waals surface area contributed by atoms with E-state index in [-0.39, 0.29) is 0 Å². The van der Waals surface area contributed by atoms with Crippen LogP contribution in [0.15, 0.2) is 24.3 Å². The maximum absolute atomic E-state index is 2.47. The van der Waals surface area contributed by atoms with Crippen LogP contribution in [0.3, 0.4) is 0 Å². The topological polar surface area (TPSA) is 3.24 Å². The number of hydrogen-bond donors (Lipinski definition) is 0. The van der Waals surface area contributed by atoms with Gasteiger partial charge in [0.05, 0.1) is 0 Å². The SMILES string of the molecule is Cc1ccc(C2CCCCN(C)CC2)cc1. The van der Waals surface area contributed by atoms with Crippen molar-refractivity contribution in [3.05, 3.63) is 35.4 Å². The molecule has 1 aromatic rings. The van der Waals surface area contributed by atoms with E-state index < -0.39 is 0 Å². The normalized spacial score (nSPS) is 23.8. The molecule has 1 heteroatoms. The Hall–Kier alpha value is -0.820. The van der Waals surface area contributed by atoms with Crippen LogP contribution in [0.4, 0.5) is 0 Å². The number of benzene rings is 1. The van der Waals surface area contributed by atoms with E-state index in [2.05, 4.69) is 43.1 Å². The molecule has 0 aliphatic carbocycles. The van der Waals surface area contributed by atoms with Crippen LogP contribution in [0.2, 0.25) is 0 Å². The minimum Gasteiger partial charge on any atom is -0.306 e. The fraction of sp³-hybridized carbons (Fsp3) is 0.600. The average Bonchev–Trinajstić information content (AvgIpc) is 2.26. The second kappa shape index (κ2) is 5.49. The summed E-state index contributed by atoms with van der Waals surface area (Å²) in [6.45, 7) is 4.69. The first-order chi connectivity index (χ1) is 7.75. The Bertz CT molecular complexity index is 315. The van der Waals surface area contributed by atoms with Gasteiger partial charge in [0.1, 0.15) is 0 Å². The Kier molecular flexibility index (Phi) is 4.00. The largest absolute Gasteiger partial charge is 0.306 e. The number of hydrogen-bond acceptors (Lipinski definition) is 1. The first kappa shape index (κ1) is 11.7. The molecule has 1 aliphatic heterocycles. The highest BCUT2D eigenvalue weighted by Gasteiger charge is 2.14. The van der Waals surface area contributed by atoms with E-state index in [1.807, 2.05) is 0 Å². The molecule has 1 aromatic carbocycles. The van der Waals surface area contributed by atoms with Crippen molar-refractivity contribution in [3.63, 3.8) is 0 Å². The molecular weight excluding hydrogens is 194 g/mol. The lowest BCUT2D eigenvalue weighted by molar-refractivity contribution is 0.283. The lowest BCUT2D eigenvalue weighted by Gasteiger charge is -2.25. The van der Waals surface area contributed by atoms with Crippen LogP contribution in [0, 0.1) is 6.92 Å². The number of rotatable bonds is 1. The summed E-state index contributed by atoms with van der Waals surface area (Å²) in [5.74, 6) is 0.781. The Morgan fingerprint density at radius 2 is 1.75 bits per heavy atom. The molecule has 1 heterocycles. The maximum atomic E-state index is 2.47. The molecule has 0 bridgehead atoms. The average molecular weight is 217 g/mol. The molecule has 1 atom stereocenters. The molecule has 0 saturated carbocycles. The predicted molar refractivity (Wildman–Crippen MR) is 69.9 cm³/mol. The summed E-state index contributed by atoms with van der Waals surface area (Å²) in [6.07, 6.45) is 5.43. The third kappa shape index (κ3) is 3.08. The van der Waals surface area contributed by atoms with Gasteiger partial charge in [-0.3, -0.25) is 0 Å². The van der Waals surface area contributed by atoms with Gasteiger partial charge in [-0.2, -0.15) is 0 Å². The van der Waals surface area contributed by atoms with Crippen molar-refractivity contribution in [1.29, 1.82) is 0 Å². The van der Waals surface area contributed by atoms with Crippen LogP contribution in [0.5, 0.6) is 0 Å². The third-order valence-electron chi connectivity index (χ3n) is 3.75. The van der Waals surface area contributed by atoms with Gasteiger partial charge in [-0.05, 0) is 57.8 Å². The van der Waals surface area contributed by atoms with Crippen molar-refractivity contribution in [1.82, 2.24) is 4.90 Å². The highest BCUT2D eigenvalue weighted by molar-refractivity contribution is 5.24. The molecule has 88 valence electrons. The smallest absolute Gasteiger partial charge is 0.00160 e. The quantitative estimate of drug-likeness (QED) is 0.695. The van der Waals surface area contributed by atoms with Gasteiger partial charge >= 0.3 is 0 Å². The van der Waals surface area contributed by atoms with Crippen LogP contribution in [0.25, 0.3) is 0 Å². The van der Waals surface area contributed by atoms with Gasteiger partial charge in [0.15, 0.2) is 0 Å². The molecule has 1 nitrogen and oxygen atoms in total. The van der Waals surface area contributed by atoms with E-state index >= 15 is 0 Å². The first-order valence-electron chi connectivity index (χ1n) is 6.51. The van der Waals surface area contributed by atoms with Crippen LogP contribution >= 0.6 is 0 Å². The van der Waals surface area contributed by atoms with Gasteiger partial charge < -0.3 is 4.90 Å². The van der Waals surface area contributed by atoms with Crippen LogP contribution in [-0.4, -0.2) is 25.0 Å². The molecular formula is C15H23N. The van der Waals surface area contributed by atoms with E-state index in [0.717, 1.165) is 5.92 Å². The minimum atomic E-state index is 0.781. The summed E-state index contributed by atoms with van der Waals surface area (Å²) in [4.78, 5) is 2.47. The molecule has 1 saturated heterocycles. The van der Waals surface area contributed by atoms with Gasteiger partial charge in [-0.25, -0.2) is 0 Å². The molecule has 0 aromatic heterocycles. The molecule has 1 fully saturated rings. The van der Waals surface area contributed by atoms with Gasteiger partial charge in [0.2, 0.25) is 0 Å². The van der Waals surface area contributed by atoms with Crippen molar-refractivity contribution >= 4 is 0 Å². The Morgan fingerprint density at radius 1 is 1.00 bits per heavy atom. The molecule has 16 heavy (non-hydrogen) atoms. The molecule has 0 amide bonds. The van der Waals surface area contributed by atoms with Gasteiger partial charge in [-0.15, -0.1) is 0 Å². The van der Waals surface area contributed by atoms with Gasteiger partial charge in [0.25, 0.3) is 0 Å². The zero-order valence-electron chi connectivity index (χ0n) is 10.6. The molecule has 1 aliphatic rings. The van der Waals surface area contributed by atoms with Crippen molar-refractivity contribution in [2.75, 3.05) is 20.1 Å². The molecule has 0 radical (unpaired) electrons. The van der Waals surface area contributed by atoms with E-state index in [4.69, 9.17) is 0 Å². The van der Waals surface area contributed by atoms with E-state index in [9.17, 15) is 0 Å². The fourth-order valence-corrected chi connectivity index (χ4v) is 2.58. The second-order valence-corrected chi connectivity index (χ2v) is 5.20. The molecule has 1 unspecified atom stereocenters. The van der Waals surface area contributed by atoms with Crippen LogP contribution in [-0.2, 0) is 0 Å². The summed E-state index contributed by atoms with van der Waals surface area (Å²) < 4.78 is 0. The fourth-order valence-electron chi connectivity index (χ4n) is 2.58. The summed E-state index contributed by atoms with van der Waals surface area (Å²) in [5.41, 5.74) is 2.91. The molecule has 2 rings (SSSR count). The van der Waals surface area contributed by atoms with E-state index in [1.165, 1.54) is 44.3 Å². The second-order valence-electron chi connectivity index (χ2n) is 5.20. The third-order valence-corrected chi connectivity index (χ3v) is 3.75. The summed E-state index contributed by atoms with van der Waals surface area (Å²) in [7, 11) is 2.25. The highest BCUT2D eigenvalue weighted by Crippen LogP contribution is 2.27. The highest BCUT2D eigenvalue weighted by atomic mass is 15.1. The van der Waals surface area contributed by atoms with Crippen LogP contribution < -0.4 is 0 Å². The monoisotopic (exact) mass is 217 g/mol. The van der Waals surface area contributed by atoms with Crippen molar-refractivity contribution in [2.24, 2.45) is 0 Å². The van der Waals surface area contributed by atoms with E-state index in [0.29, 0.717) is 0 Å². The Morgan fingerprint density at radius 3 is 2.50 bits per heavy atom. The predicted octanol–water partition coefficient (Wildman–Crippen LogP) is 3.58. The number of nitrogens with zero attached hydrogens (tertiary/aromatic N) is 1. The number of aryl methyl sites for hydroxylation is 1. The minimum absolute atomic E-state index is 0.781. The molecule has 0 N–H and O–H groups in total. The summed E-state index contributed by atoms with van der Waals surface area (Å²) in [6, 6.07) is 9.14. The maximum Gasteiger partial charge on any atom is -0.00160 e. The van der Waals surface area contributed by atoms with E-state index in [1.54, 1.807) is 5.56 Å². The van der Waals surface area contributed by atoms with Crippen molar-refractivity contribution in [3.8, 4) is 0 Å². The first-order valence-corrected chi connectivity index (χ1v) is 6.51. The van der Waals surface area contributed by atoms with Gasteiger partial charge in [-0.1, -0.05) is 36.2 Å². The van der Waals surface area contributed by atoms with Crippen LogP contribution in [0.1, 0.15) is 42.7 Å². The van der Waals surface area contributed by atoms with Gasteiger partial charge in [0, 0.05) is 0 Å². The Labute approximate surface area is 99.5 Å². The van der Waals surface area contributed by atoms with Crippen molar-refractivity contribution in [2.45, 2.75) is 38.5 Å². The summed E-state index contributed by atoms with van der Waals surface area (Å²) >= 11 is 0. The summed E-state index contributed by atoms with van der Waals surface area (Å²) in [5, 5.41) is 0. The number of likely N-dealkylation sites (tertiary alicyclic amines) is 1. The Balaban J connectivity index is 2.04. The zero-order chi connectivity index (χ0) is 11.4. The molecule has 0 spiro atoms. The lowest BCUT2D eigenvalue weighted by Crippen LogP contribution is -2.24. The standard InChI is InChI=1S/C15H23N/c1-13-6-8-15(9-7-13)14-5-3-4-11-16(2)12-10-14/h6-9,14H,3-5,10-12H2,1-2H3. The lowest BCUT2D eigenvalue weighted by atomic mass is 9.89.